The predicted molar refractivity (Wildman–Crippen MR) is 91.1 cm³/mol. The zero-order chi connectivity index (χ0) is 17.5. The SMILES string of the molecule is CCCC(CNC(=O)OC(C)(C)C)NCc1cc(C(=O)O)cs1. The number of nitrogens with one attached hydrogen (secondary N) is 2. The number of carboxylic acids is 1. The maximum atomic E-state index is 11.7. The number of aromatic carboxylic acids is 1. The quantitative estimate of drug-likeness (QED) is 0.675. The van der Waals surface area contributed by atoms with E-state index in [1.54, 1.807) is 11.4 Å². The van der Waals surface area contributed by atoms with Gasteiger partial charge in [-0.15, -0.1) is 11.3 Å². The van der Waals surface area contributed by atoms with Crippen LogP contribution in [0.25, 0.3) is 0 Å². The highest BCUT2D eigenvalue weighted by Crippen LogP contribution is 2.15. The van der Waals surface area contributed by atoms with Crippen LogP contribution < -0.4 is 10.6 Å². The highest BCUT2D eigenvalue weighted by Gasteiger charge is 2.17. The smallest absolute Gasteiger partial charge is 0.407 e. The molecule has 7 heteroatoms. The first-order valence-electron chi connectivity index (χ1n) is 7.72. The van der Waals surface area contributed by atoms with Gasteiger partial charge in [0.15, 0.2) is 0 Å². The molecule has 1 heterocycles. The van der Waals surface area contributed by atoms with Crippen molar-refractivity contribution in [2.24, 2.45) is 0 Å². The summed E-state index contributed by atoms with van der Waals surface area (Å²) in [5.74, 6) is -0.913. The fourth-order valence-electron chi connectivity index (χ4n) is 1.98. The number of ether oxygens (including phenoxy) is 1. The zero-order valence-corrected chi connectivity index (χ0v) is 15.0. The van der Waals surface area contributed by atoms with E-state index in [0.717, 1.165) is 17.7 Å². The topological polar surface area (TPSA) is 87.7 Å². The molecule has 0 saturated carbocycles. The summed E-state index contributed by atoms with van der Waals surface area (Å²) in [6.45, 7) is 8.61. The fourth-order valence-corrected chi connectivity index (χ4v) is 2.78. The second-order valence-corrected chi connectivity index (χ2v) is 7.35. The van der Waals surface area contributed by atoms with Gasteiger partial charge in [0.2, 0.25) is 0 Å². The lowest BCUT2D eigenvalue weighted by molar-refractivity contribution is 0.0521. The Kier molecular flexibility index (Phi) is 7.51. The highest BCUT2D eigenvalue weighted by molar-refractivity contribution is 7.10. The van der Waals surface area contributed by atoms with E-state index in [2.05, 4.69) is 17.6 Å². The van der Waals surface area contributed by atoms with Gasteiger partial charge in [-0.2, -0.15) is 0 Å². The van der Waals surface area contributed by atoms with Gasteiger partial charge in [-0.3, -0.25) is 0 Å². The largest absolute Gasteiger partial charge is 0.478 e. The molecule has 3 N–H and O–H groups in total. The number of rotatable bonds is 8. The van der Waals surface area contributed by atoms with Crippen LogP contribution in [0.5, 0.6) is 0 Å². The molecule has 1 atom stereocenters. The zero-order valence-electron chi connectivity index (χ0n) is 14.1. The van der Waals surface area contributed by atoms with Crippen molar-refractivity contribution in [2.45, 2.75) is 58.7 Å². The van der Waals surface area contributed by atoms with Crippen molar-refractivity contribution >= 4 is 23.4 Å². The van der Waals surface area contributed by atoms with Gasteiger partial charge in [0, 0.05) is 29.4 Å². The number of amides is 1. The van der Waals surface area contributed by atoms with Crippen LogP contribution in [0.1, 0.15) is 55.8 Å². The molecule has 6 nitrogen and oxygen atoms in total. The van der Waals surface area contributed by atoms with Crippen LogP contribution in [0.4, 0.5) is 4.79 Å². The summed E-state index contributed by atoms with van der Waals surface area (Å²) < 4.78 is 5.22. The van der Waals surface area contributed by atoms with Gasteiger partial charge in [-0.25, -0.2) is 9.59 Å². The van der Waals surface area contributed by atoms with E-state index in [1.165, 1.54) is 11.3 Å². The molecule has 1 aromatic rings. The van der Waals surface area contributed by atoms with E-state index < -0.39 is 17.7 Å². The third kappa shape index (κ3) is 7.99. The van der Waals surface area contributed by atoms with Crippen molar-refractivity contribution in [3.05, 3.63) is 21.9 Å². The van der Waals surface area contributed by atoms with Gasteiger partial charge in [-0.1, -0.05) is 13.3 Å². The Balaban J connectivity index is 2.44. The predicted octanol–water partition coefficient (Wildman–Crippen LogP) is 3.23. The molecule has 1 unspecified atom stereocenters. The van der Waals surface area contributed by atoms with Crippen molar-refractivity contribution in [1.29, 1.82) is 0 Å². The molecule has 0 aliphatic rings. The van der Waals surface area contributed by atoms with Crippen molar-refractivity contribution in [3.63, 3.8) is 0 Å². The standard InChI is InChI=1S/C16H26N2O4S/c1-5-6-12(8-18-15(21)22-16(2,3)4)17-9-13-7-11(10-23-13)14(19)20/h7,10,12,17H,5-6,8-9H2,1-4H3,(H,18,21)(H,19,20). The van der Waals surface area contributed by atoms with Crippen molar-refractivity contribution in [1.82, 2.24) is 10.6 Å². The first kappa shape index (κ1) is 19.4. The number of alkyl carbamates (subject to hydrolysis) is 1. The minimum absolute atomic E-state index is 0.114. The molecule has 0 radical (unpaired) electrons. The molecule has 0 aliphatic heterocycles. The fraction of sp³-hybridized carbons (Fsp3) is 0.625. The van der Waals surface area contributed by atoms with Crippen LogP contribution in [0.3, 0.4) is 0 Å². The Morgan fingerprint density at radius 1 is 1.39 bits per heavy atom. The maximum absolute atomic E-state index is 11.7. The molecule has 0 spiro atoms. The van der Waals surface area contributed by atoms with Gasteiger partial charge in [-0.05, 0) is 33.3 Å². The van der Waals surface area contributed by atoms with E-state index >= 15 is 0 Å². The van der Waals surface area contributed by atoms with Gasteiger partial charge in [0.05, 0.1) is 5.56 Å². The summed E-state index contributed by atoms with van der Waals surface area (Å²) in [6.07, 6.45) is 1.47. The third-order valence-corrected chi connectivity index (χ3v) is 3.93. The number of carbonyl (C=O) groups is 2. The van der Waals surface area contributed by atoms with Gasteiger partial charge in [0.1, 0.15) is 5.60 Å². The lowest BCUT2D eigenvalue weighted by Gasteiger charge is -2.22. The van der Waals surface area contributed by atoms with Crippen LogP contribution >= 0.6 is 11.3 Å². The number of hydrogen-bond donors (Lipinski definition) is 3. The van der Waals surface area contributed by atoms with Crippen LogP contribution in [0.2, 0.25) is 0 Å². The summed E-state index contributed by atoms with van der Waals surface area (Å²) in [6, 6.07) is 1.78. The molecule has 0 aliphatic carbocycles. The first-order chi connectivity index (χ1) is 10.7. The molecule has 0 bridgehead atoms. The summed E-state index contributed by atoms with van der Waals surface area (Å²) in [5.41, 5.74) is -0.201. The Labute approximate surface area is 141 Å². The first-order valence-corrected chi connectivity index (χ1v) is 8.60. The highest BCUT2D eigenvalue weighted by atomic mass is 32.1. The minimum atomic E-state index is -0.913. The Bertz CT molecular complexity index is 522. The molecule has 130 valence electrons. The average Bonchev–Trinajstić information content (AvgIpc) is 2.89. The Hall–Kier alpha value is -1.60. The molecule has 0 fully saturated rings. The van der Waals surface area contributed by atoms with Gasteiger partial charge >= 0.3 is 12.1 Å². The second-order valence-electron chi connectivity index (χ2n) is 6.36. The number of thiophene rings is 1. The van der Waals surface area contributed by atoms with E-state index in [0.29, 0.717) is 18.7 Å². The molecule has 0 saturated heterocycles. The lowest BCUT2D eigenvalue weighted by atomic mass is 10.1. The lowest BCUT2D eigenvalue weighted by Crippen LogP contribution is -2.42. The summed E-state index contributed by atoms with van der Waals surface area (Å²) >= 11 is 1.41. The molecule has 1 amide bonds. The van der Waals surface area contributed by atoms with Gasteiger partial charge in [0.25, 0.3) is 0 Å². The monoisotopic (exact) mass is 342 g/mol. The molecule has 23 heavy (non-hydrogen) atoms. The average molecular weight is 342 g/mol. The maximum Gasteiger partial charge on any atom is 0.407 e. The molecule has 1 rings (SSSR count). The summed E-state index contributed by atoms with van der Waals surface area (Å²) in [5, 5.41) is 16.7. The van der Waals surface area contributed by atoms with E-state index in [1.807, 2.05) is 20.8 Å². The van der Waals surface area contributed by atoms with E-state index in [9.17, 15) is 9.59 Å². The van der Waals surface area contributed by atoms with E-state index in [-0.39, 0.29) is 6.04 Å². The van der Waals surface area contributed by atoms with Crippen molar-refractivity contribution in [2.75, 3.05) is 6.54 Å². The Morgan fingerprint density at radius 3 is 2.61 bits per heavy atom. The summed E-state index contributed by atoms with van der Waals surface area (Å²) in [7, 11) is 0. The van der Waals surface area contributed by atoms with Crippen LogP contribution in [-0.4, -0.2) is 35.4 Å². The second kappa shape index (κ2) is 8.88. The molecular weight excluding hydrogens is 316 g/mol. The number of hydrogen-bond acceptors (Lipinski definition) is 5. The van der Waals surface area contributed by atoms with E-state index in [4.69, 9.17) is 9.84 Å². The van der Waals surface area contributed by atoms with Crippen LogP contribution in [0, 0.1) is 0 Å². The minimum Gasteiger partial charge on any atom is -0.478 e. The third-order valence-electron chi connectivity index (χ3n) is 2.99. The number of carbonyl (C=O) groups excluding carboxylic acids is 1. The van der Waals surface area contributed by atoms with Crippen molar-refractivity contribution < 1.29 is 19.4 Å². The van der Waals surface area contributed by atoms with Crippen LogP contribution in [0.15, 0.2) is 11.4 Å². The Morgan fingerprint density at radius 2 is 2.09 bits per heavy atom. The summed E-state index contributed by atoms with van der Waals surface area (Å²) in [4.78, 5) is 23.5. The number of carboxylic acid groups (broad SMARTS) is 1. The molecular formula is C16H26N2O4S. The van der Waals surface area contributed by atoms with Crippen molar-refractivity contribution in [3.8, 4) is 0 Å². The van der Waals surface area contributed by atoms with Crippen LogP contribution in [-0.2, 0) is 11.3 Å². The molecule has 1 aromatic heterocycles. The van der Waals surface area contributed by atoms with Gasteiger partial charge < -0.3 is 20.5 Å². The molecule has 0 aromatic carbocycles. The normalized spacial score (nSPS) is 12.7.